The molecule has 2 heterocycles. The van der Waals surface area contributed by atoms with E-state index >= 15 is 0 Å². The summed E-state index contributed by atoms with van der Waals surface area (Å²) in [6.07, 6.45) is 1.69. The Labute approximate surface area is 100 Å². The van der Waals surface area contributed by atoms with Crippen LogP contribution in [0.2, 0.25) is 0 Å². The first-order valence-corrected chi connectivity index (χ1v) is 5.45. The SMILES string of the molecule is Cc1nn(C)c(C)c1Oc1cc(CN)ccn1. The Morgan fingerprint density at radius 3 is 2.76 bits per heavy atom. The van der Waals surface area contributed by atoms with E-state index in [1.807, 2.05) is 33.0 Å². The second kappa shape index (κ2) is 4.55. The molecule has 2 aromatic heterocycles. The monoisotopic (exact) mass is 232 g/mol. The molecule has 2 rings (SSSR count). The lowest BCUT2D eigenvalue weighted by Crippen LogP contribution is -1.98. The highest BCUT2D eigenvalue weighted by atomic mass is 16.5. The summed E-state index contributed by atoms with van der Waals surface area (Å²) in [6, 6.07) is 3.71. The number of aryl methyl sites for hydroxylation is 2. The lowest BCUT2D eigenvalue weighted by atomic mass is 10.3. The van der Waals surface area contributed by atoms with Crippen LogP contribution in [-0.4, -0.2) is 14.8 Å². The number of nitrogens with zero attached hydrogens (tertiary/aromatic N) is 3. The average molecular weight is 232 g/mol. The van der Waals surface area contributed by atoms with Gasteiger partial charge >= 0.3 is 0 Å². The second-order valence-corrected chi connectivity index (χ2v) is 3.93. The Hall–Kier alpha value is -1.88. The van der Waals surface area contributed by atoms with Crippen LogP contribution < -0.4 is 10.5 Å². The van der Waals surface area contributed by atoms with Gasteiger partial charge in [0.1, 0.15) is 5.69 Å². The molecule has 0 radical (unpaired) electrons. The third-order valence-corrected chi connectivity index (χ3v) is 2.68. The van der Waals surface area contributed by atoms with Crippen molar-refractivity contribution in [3.8, 4) is 11.6 Å². The summed E-state index contributed by atoms with van der Waals surface area (Å²) in [5.41, 5.74) is 8.40. The number of hydrogen-bond donors (Lipinski definition) is 1. The molecule has 5 nitrogen and oxygen atoms in total. The summed E-state index contributed by atoms with van der Waals surface area (Å²) in [5.74, 6) is 1.31. The van der Waals surface area contributed by atoms with Gasteiger partial charge in [0.25, 0.3) is 0 Å². The first-order valence-electron chi connectivity index (χ1n) is 5.45. The van der Waals surface area contributed by atoms with Crippen molar-refractivity contribution in [2.45, 2.75) is 20.4 Å². The van der Waals surface area contributed by atoms with E-state index in [2.05, 4.69) is 10.1 Å². The maximum atomic E-state index is 5.75. The Balaban J connectivity index is 2.31. The molecule has 0 aromatic carbocycles. The van der Waals surface area contributed by atoms with Gasteiger partial charge in [-0.15, -0.1) is 0 Å². The Morgan fingerprint density at radius 1 is 1.41 bits per heavy atom. The highest BCUT2D eigenvalue weighted by Gasteiger charge is 2.12. The van der Waals surface area contributed by atoms with Crippen LogP contribution in [0.25, 0.3) is 0 Å². The lowest BCUT2D eigenvalue weighted by molar-refractivity contribution is 0.454. The van der Waals surface area contributed by atoms with Gasteiger partial charge in [-0.05, 0) is 25.5 Å². The van der Waals surface area contributed by atoms with E-state index in [0.717, 1.165) is 22.7 Å². The zero-order chi connectivity index (χ0) is 12.4. The third-order valence-electron chi connectivity index (χ3n) is 2.68. The molecule has 0 saturated heterocycles. The van der Waals surface area contributed by atoms with Gasteiger partial charge in [0.2, 0.25) is 5.88 Å². The molecule has 0 atom stereocenters. The molecule has 0 saturated carbocycles. The summed E-state index contributed by atoms with van der Waals surface area (Å²) >= 11 is 0. The first kappa shape index (κ1) is 11.6. The van der Waals surface area contributed by atoms with Crippen LogP contribution in [0.3, 0.4) is 0 Å². The zero-order valence-corrected chi connectivity index (χ0v) is 10.3. The molecule has 2 N–H and O–H groups in total. The maximum Gasteiger partial charge on any atom is 0.219 e. The zero-order valence-electron chi connectivity index (χ0n) is 10.3. The van der Waals surface area contributed by atoms with Crippen molar-refractivity contribution in [1.29, 1.82) is 0 Å². The van der Waals surface area contributed by atoms with E-state index in [1.165, 1.54) is 0 Å². The maximum absolute atomic E-state index is 5.75. The smallest absolute Gasteiger partial charge is 0.219 e. The summed E-state index contributed by atoms with van der Waals surface area (Å²) in [6.45, 7) is 4.35. The van der Waals surface area contributed by atoms with E-state index in [9.17, 15) is 0 Å². The summed E-state index contributed by atoms with van der Waals surface area (Å²) < 4.78 is 7.54. The van der Waals surface area contributed by atoms with Gasteiger partial charge in [0.15, 0.2) is 5.75 Å². The Kier molecular flexibility index (Phi) is 3.10. The molecule has 17 heavy (non-hydrogen) atoms. The third kappa shape index (κ3) is 2.29. The minimum Gasteiger partial charge on any atom is -0.435 e. The van der Waals surface area contributed by atoms with Crippen LogP contribution in [0, 0.1) is 13.8 Å². The Morgan fingerprint density at radius 2 is 2.18 bits per heavy atom. The van der Waals surface area contributed by atoms with Gasteiger partial charge in [-0.2, -0.15) is 5.10 Å². The summed E-state index contributed by atoms with van der Waals surface area (Å²) in [7, 11) is 1.89. The fourth-order valence-electron chi connectivity index (χ4n) is 1.64. The van der Waals surface area contributed by atoms with Crippen LogP contribution in [0.1, 0.15) is 17.0 Å². The van der Waals surface area contributed by atoms with Crippen molar-refractivity contribution in [3.05, 3.63) is 35.3 Å². The predicted molar refractivity (Wildman–Crippen MR) is 64.9 cm³/mol. The fourth-order valence-corrected chi connectivity index (χ4v) is 1.64. The van der Waals surface area contributed by atoms with E-state index < -0.39 is 0 Å². The van der Waals surface area contributed by atoms with Crippen molar-refractivity contribution >= 4 is 0 Å². The molecule has 0 aliphatic heterocycles. The van der Waals surface area contributed by atoms with Crippen molar-refractivity contribution in [3.63, 3.8) is 0 Å². The number of nitrogens with two attached hydrogens (primary N) is 1. The molecule has 0 bridgehead atoms. The molecule has 90 valence electrons. The largest absolute Gasteiger partial charge is 0.435 e. The topological polar surface area (TPSA) is 66.0 Å². The van der Waals surface area contributed by atoms with Gasteiger partial charge in [-0.25, -0.2) is 4.98 Å². The Bertz CT molecular complexity index is 533. The van der Waals surface area contributed by atoms with Gasteiger partial charge < -0.3 is 10.5 Å². The van der Waals surface area contributed by atoms with E-state index in [-0.39, 0.29) is 0 Å². The number of rotatable bonds is 3. The van der Waals surface area contributed by atoms with Crippen LogP contribution in [-0.2, 0) is 13.6 Å². The van der Waals surface area contributed by atoms with Crippen LogP contribution in [0.5, 0.6) is 11.6 Å². The quantitative estimate of drug-likeness (QED) is 0.874. The van der Waals surface area contributed by atoms with Gasteiger partial charge in [-0.1, -0.05) is 0 Å². The number of aromatic nitrogens is 3. The normalized spacial score (nSPS) is 10.6. The standard InChI is InChI=1S/C12H16N4O/c1-8-12(9(2)16(3)15-8)17-11-6-10(7-13)4-5-14-11/h4-6H,7,13H2,1-3H3. The summed E-state index contributed by atoms with van der Waals surface area (Å²) in [4.78, 5) is 4.16. The van der Waals surface area contributed by atoms with E-state index in [0.29, 0.717) is 12.4 Å². The van der Waals surface area contributed by atoms with E-state index in [4.69, 9.17) is 10.5 Å². The molecule has 0 amide bonds. The van der Waals surface area contributed by atoms with Gasteiger partial charge in [0, 0.05) is 25.9 Å². The number of pyridine rings is 1. The lowest BCUT2D eigenvalue weighted by Gasteiger charge is -2.06. The van der Waals surface area contributed by atoms with Crippen molar-refractivity contribution in [2.75, 3.05) is 0 Å². The molecule has 0 aliphatic rings. The summed E-state index contributed by atoms with van der Waals surface area (Å²) in [5, 5.41) is 4.29. The van der Waals surface area contributed by atoms with Gasteiger partial charge in [0.05, 0.1) is 5.69 Å². The first-order chi connectivity index (χ1) is 8.11. The second-order valence-electron chi connectivity index (χ2n) is 3.93. The molecule has 2 aromatic rings. The molecule has 0 spiro atoms. The molecular formula is C12H16N4O. The molecule has 5 heteroatoms. The van der Waals surface area contributed by atoms with Crippen molar-refractivity contribution in [1.82, 2.24) is 14.8 Å². The fraction of sp³-hybridized carbons (Fsp3) is 0.333. The highest BCUT2D eigenvalue weighted by molar-refractivity contribution is 5.35. The van der Waals surface area contributed by atoms with Gasteiger partial charge in [-0.3, -0.25) is 4.68 Å². The molecular weight excluding hydrogens is 216 g/mol. The predicted octanol–water partition coefficient (Wildman–Crippen LogP) is 1.68. The average Bonchev–Trinajstić information content (AvgIpc) is 2.56. The van der Waals surface area contributed by atoms with Crippen LogP contribution in [0.15, 0.2) is 18.3 Å². The van der Waals surface area contributed by atoms with Crippen molar-refractivity contribution < 1.29 is 4.74 Å². The molecule has 0 aliphatic carbocycles. The number of hydrogen-bond acceptors (Lipinski definition) is 4. The van der Waals surface area contributed by atoms with Crippen molar-refractivity contribution in [2.24, 2.45) is 12.8 Å². The number of ether oxygens (including phenoxy) is 1. The van der Waals surface area contributed by atoms with E-state index in [1.54, 1.807) is 10.9 Å². The highest BCUT2D eigenvalue weighted by Crippen LogP contribution is 2.26. The molecule has 0 unspecified atom stereocenters. The minimum absolute atomic E-state index is 0.476. The minimum atomic E-state index is 0.476. The van der Waals surface area contributed by atoms with Crippen LogP contribution >= 0.6 is 0 Å². The molecule has 0 fully saturated rings. The van der Waals surface area contributed by atoms with Crippen LogP contribution in [0.4, 0.5) is 0 Å².